The van der Waals surface area contributed by atoms with Crippen LogP contribution in [0.2, 0.25) is 0 Å². The van der Waals surface area contributed by atoms with E-state index in [0.717, 1.165) is 36.0 Å². The molecule has 4 rings (SSSR count). The van der Waals surface area contributed by atoms with E-state index < -0.39 is 17.8 Å². The van der Waals surface area contributed by atoms with Crippen LogP contribution in [0.5, 0.6) is 0 Å². The van der Waals surface area contributed by atoms with Crippen molar-refractivity contribution in [2.45, 2.75) is 64.3 Å². The highest BCUT2D eigenvalue weighted by atomic mass is 19.2. The summed E-state index contributed by atoms with van der Waals surface area (Å²) in [5, 5.41) is 0. The van der Waals surface area contributed by atoms with Gasteiger partial charge in [-0.05, 0) is 47.2 Å². The summed E-state index contributed by atoms with van der Waals surface area (Å²) >= 11 is 0. The molecule has 200 valence electrons. The average Bonchev–Trinajstić information content (AvgIpc) is 2.96. The van der Waals surface area contributed by atoms with Crippen molar-refractivity contribution in [3.63, 3.8) is 0 Å². The molecule has 0 amide bonds. The molecule has 2 nitrogen and oxygen atoms in total. The van der Waals surface area contributed by atoms with Crippen LogP contribution < -0.4 is 0 Å². The number of allylic oxidation sites excluding steroid dienone is 2. The van der Waals surface area contributed by atoms with Gasteiger partial charge >= 0.3 is 0 Å². The zero-order chi connectivity index (χ0) is 26.8. The van der Waals surface area contributed by atoms with Crippen LogP contribution in [-0.4, -0.2) is 25.2 Å². The maximum absolute atomic E-state index is 15.5. The predicted octanol–water partition coefficient (Wildman–Crippen LogP) is 9.72. The van der Waals surface area contributed by atoms with E-state index in [-0.39, 0.29) is 12.2 Å². The maximum atomic E-state index is 15.5. The minimum Gasteiger partial charge on any atom is -0.344 e. The van der Waals surface area contributed by atoms with Crippen molar-refractivity contribution in [2.24, 2.45) is 0 Å². The van der Waals surface area contributed by atoms with E-state index >= 15 is 8.78 Å². The van der Waals surface area contributed by atoms with E-state index in [9.17, 15) is 0 Å². The Hall–Kier alpha value is -3.08. The predicted molar refractivity (Wildman–Crippen MR) is 153 cm³/mol. The van der Waals surface area contributed by atoms with Gasteiger partial charge in [-0.15, -0.1) is 0 Å². The molecule has 0 radical (unpaired) electrons. The Bertz CT molecular complexity index is 1200. The first-order valence-corrected chi connectivity index (χ1v) is 13.8. The summed E-state index contributed by atoms with van der Waals surface area (Å²) in [6.07, 6.45) is 7.64. The van der Waals surface area contributed by atoms with Crippen LogP contribution in [0.3, 0.4) is 0 Å². The lowest BCUT2D eigenvalue weighted by atomic mass is 9.92. The second-order valence-corrected chi connectivity index (χ2v) is 9.75. The van der Waals surface area contributed by atoms with E-state index in [4.69, 9.17) is 9.47 Å². The molecule has 38 heavy (non-hydrogen) atoms. The van der Waals surface area contributed by atoms with E-state index in [1.807, 2.05) is 42.5 Å². The van der Waals surface area contributed by atoms with Gasteiger partial charge in [0.15, 0.2) is 0 Å². The number of unbranched alkanes of at least 4 members (excludes halogenated alkanes) is 5. The first-order chi connectivity index (χ1) is 18.6. The number of rotatable bonds is 13. The molecule has 0 aliphatic heterocycles. The van der Waals surface area contributed by atoms with Crippen LogP contribution in [0, 0.1) is 0 Å². The van der Waals surface area contributed by atoms with Gasteiger partial charge in [0.05, 0.1) is 6.61 Å². The average molecular weight is 517 g/mol. The van der Waals surface area contributed by atoms with Crippen molar-refractivity contribution in [2.75, 3.05) is 13.2 Å². The minimum atomic E-state index is -2.02. The molecule has 0 heterocycles. The Kier molecular flexibility index (Phi) is 10.0. The van der Waals surface area contributed by atoms with E-state index in [1.165, 1.54) is 30.9 Å². The summed E-state index contributed by atoms with van der Waals surface area (Å²) in [5.41, 5.74) is 5.23. The number of benzene rings is 3. The number of alkyl halides is 1. The zero-order valence-electron chi connectivity index (χ0n) is 22.5. The van der Waals surface area contributed by atoms with Gasteiger partial charge in [0.25, 0.3) is 0 Å². The van der Waals surface area contributed by atoms with Crippen molar-refractivity contribution in [1.82, 2.24) is 0 Å². The van der Waals surface area contributed by atoms with Crippen molar-refractivity contribution in [3.05, 3.63) is 102 Å². The van der Waals surface area contributed by atoms with Crippen LogP contribution in [0.15, 0.2) is 96.8 Å². The Morgan fingerprint density at radius 3 is 1.76 bits per heavy atom. The monoisotopic (exact) mass is 516 g/mol. The lowest BCUT2D eigenvalue weighted by Crippen LogP contribution is -2.46. The molecule has 4 heteroatoms. The first kappa shape index (κ1) is 27.9. The molecule has 0 saturated carbocycles. The number of ether oxygens (including phenoxy) is 2. The standard InChI is InChI=1S/C34H38F2O2/c1-3-5-6-7-8-12-25-38-34(37-4-2)24-23-31(32(35)33(34)36)30-21-19-29(20-22-30)28-17-15-27(16-18-28)26-13-10-9-11-14-26/h9-11,13-24,33H,3-8,12,25H2,1-2H3. The Labute approximate surface area is 226 Å². The fraction of sp³-hybridized carbons (Fsp3) is 0.353. The highest BCUT2D eigenvalue weighted by molar-refractivity contribution is 5.79. The van der Waals surface area contributed by atoms with E-state index in [2.05, 4.69) is 43.3 Å². The fourth-order valence-corrected chi connectivity index (χ4v) is 4.86. The van der Waals surface area contributed by atoms with Gasteiger partial charge in [-0.3, -0.25) is 0 Å². The molecule has 0 N–H and O–H groups in total. The lowest BCUT2D eigenvalue weighted by molar-refractivity contribution is -0.232. The third-order valence-corrected chi connectivity index (χ3v) is 7.03. The molecule has 1 aliphatic rings. The quantitative estimate of drug-likeness (QED) is 0.166. The molecule has 0 spiro atoms. The van der Waals surface area contributed by atoms with Gasteiger partial charge in [-0.2, -0.15) is 0 Å². The van der Waals surface area contributed by atoms with Crippen LogP contribution in [-0.2, 0) is 9.47 Å². The minimum absolute atomic E-state index is 0.224. The largest absolute Gasteiger partial charge is 0.344 e. The molecule has 1 aliphatic carbocycles. The van der Waals surface area contributed by atoms with E-state index in [1.54, 1.807) is 13.0 Å². The summed E-state index contributed by atoms with van der Waals surface area (Å²) in [6.45, 7) is 4.50. The fourth-order valence-electron chi connectivity index (χ4n) is 4.86. The van der Waals surface area contributed by atoms with Crippen molar-refractivity contribution >= 4 is 5.57 Å². The maximum Gasteiger partial charge on any atom is 0.227 e. The summed E-state index contributed by atoms with van der Waals surface area (Å²) in [6, 6.07) is 26.1. The lowest BCUT2D eigenvalue weighted by Gasteiger charge is -2.35. The molecule has 0 bridgehead atoms. The Morgan fingerprint density at radius 1 is 0.658 bits per heavy atom. The van der Waals surface area contributed by atoms with Gasteiger partial charge in [-0.25, -0.2) is 8.78 Å². The van der Waals surface area contributed by atoms with Crippen molar-refractivity contribution in [1.29, 1.82) is 0 Å². The molecular formula is C34H38F2O2. The second-order valence-electron chi connectivity index (χ2n) is 9.75. The molecule has 0 saturated heterocycles. The first-order valence-electron chi connectivity index (χ1n) is 13.8. The smallest absolute Gasteiger partial charge is 0.227 e. The van der Waals surface area contributed by atoms with Crippen molar-refractivity contribution < 1.29 is 18.3 Å². The SMILES string of the molecule is CCCCCCCCOC1(OCC)C=CC(c2ccc(-c3ccc(-c4ccccc4)cc3)cc2)=C(F)C1F. The molecule has 0 aromatic heterocycles. The molecule has 2 atom stereocenters. The Morgan fingerprint density at radius 2 is 1.18 bits per heavy atom. The van der Waals surface area contributed by atoms with Gasteiger partial charge in [0.2, 0.25) is 12.0 Å². The summed E-state index contributed by atoms with van der Waals surface area (Å²) < 4.78 is 42.4. The highest BCUT2D eigenvalue weighted by Crippen LogP contribution is 2.39. The van der Waals surface area contributed by atoms with Crippen LogP contribution >= 0.6 is 0 Å². The second kappa shape index (κ2) is 13.6. The summed E-state index contributed by atoms with van der Waals surface area (Å²) in [7, 11) is 0. The Balaban J connectivity index is 1.43. The molecule has 3 aromatic rings. The van der Waals surface area contributed by atoms with E-state index in [0.29, 0.717) is 12.2 Å². The third kappa shape index (κ3) is 6.67. The van der Waals surface area contributed by atoms with Gasteiger partial charge in [0, 0.05) is 12.2 Å². The van der Waals surface area contributed by atoms with Gasteiger partial charge < -0.3 is 9.47 Å². The van der Waals surface area contributed by atoms with Gasteiger partial charge in [0.1, 0.15) is 5.83 Å². The highest BCUT2D eigenvalue weighted by Gasteiger charge is 2.45. The van der Waals surface area contributed by atoms with Crippen molar-refractivity contribution in [3.8, 4) is 22.3 Å². The molecule has 0 fully saturated rings. The van der Waals surface area contributed by atoms with Crippen LogP contribution in [0.25, 0.3) is 27.8 Å². The number of halogens is 2. The molecular weight excluding hydrogens is 478 g/mol. The van der Waals surface area contributed by atoms with Crippen LogP contribution in [0.1, 0.15) is 57.9 Å². The van der Waals surface area contributed by atoms with Gasteiger partial charge in [-0.1, -0.05) is 124 Å². The molecule has 2 unspecified atom stereocenters. The van der Waals surface area contributed by atoms with Crippen LogP contribution in [0.4, 0.5) is 8.78 Å². The summed E-state index contributed by atoms with van der Waals surface area (Å²) in [4.78, 5) is 0. The number of hydrogen-bond donors (Lipinski definition) is 0. The topological polar surface area (TPSA) is 18.5 Å². The summed E-state index contributed by atoms with van der Waals surface area (Å²) in [5.74, 6) is -2.57. The third-order valence-electron chi connectivity index (χ3n) is 7.03. The normalized spacial score (nSPS) is 19.2. The number of hydrogen-bond acceptors (Lipinski definition) is 2. The zero-order valence-corrected chi connectivity index (χ0v) is 22.5. The molecule has 3 aromatic carbocycles.